The van der Waals surface area contributed by atoms with Gasteiger partial charge >= 0.3 is 0 Å². The molecule has 1 aliphatic rings. The standard InChI is InChI=1S/C15H21N3OS/c1-10-5-6-13(8-11(10)2)17-15(20)18-7-3-4-12(9-18)14(16)19/h5-6,8,12H,3-4,7,9H2,1-2H3,(H2,16,19)(H,17,20)/t12-/m0/s1. The molecule has 4 nitrogen and oxygen atoms in total. The van der Waals surface area contributed by atoms with E-state index in [1.165, 1.54) is 11.1 Å². The van der Waals surface area contributed by atoms with E-state index in [2.05, 4.69) is 31.3 Å². The molecular formula is C15H21N3OS. The summed E-state index contributed by atoms with van der Waals surface area (Å²) in [5.74, 6) is -0.327. The van der Waals surface area contributed by atoms with Crippen molar-refractivity contribution in [3.63, 3.8) is 0 Å². The van der Waals surface area contributed by atoms with Gasteiger partial charge in [-0.2, -0.15) is 0 Å². The Morgan fingerprint density at radius 3 is 2.80 bits per heavy atom. The summed E-state index contributed by atoms with van der Waals surface area (Å²) >= 11 is 5.43. The van der Waals surface area contributed by atoms with Crippen molar-refractivity contribution >= 4 is 28.9 Å². The zero-order valence-corrected chi connectivity index (χ0v) is 12.8. The van der Waals surface area contributed by atoms with E-state index >= 15 is 0 Å². The number of carbonyl (C=O) groups is 1. The number of hydrogen-bond donors (Lipinski definition) is 2. The van der Waals surface area contributed by atoms with Gasteiger partial charge in [-0.1, -0.05) is 6.07 Å². The van der Waals surface area contributed by atoms with Gasteiger partial charge in [0.25, 0.3) is 0 Å². The number of benzene rings is 1. The van der Waals surface area contributed by atoms with E-state index in [0.29, 0.717) is 11.7 Å². The minimum atomic E-state index is -0.233. The number of anilines is 1. The minimum absolute atomic E-state index is 0.0942. The van der Waals surface area contributed by atoms with Gasteiger partial charge in [-0.3, -0.25) is 4.79 Å². The highest BCUT2D eigenvalue weighted by Crippen LogP contribution is 2.19. The van der Waals surface area contributed by atoms with Crippen molar-refractivity contribution in [1.29, 1.82) is 0 Å². The van der Waals surface area contributed by atoms with Gasteiger partial charge in [-0.15, -0.1) is 0 Å². The number of thiocarbonyl (C=S) groups is 1. The zero-order chi connectivity index (χ0) is 14.7. The summed E-state index contributed by atoms with van der Waals surface area (Å²) in [6.45, 7) is 5.65. The van der Waals surface area contributed by atoms with Crippen molar-refractivity contribution in [2.24, 2.45) is 11.7 Å². The van der Waals surface area contributed by atoms with Crippen LogP contribution in [0.2, 0.25) is 0 Å². The van der Waals surface area contributed by atoms with Crippen molar-refractivity contribution < 1.29 is 4.79 Å². The van der Waals surface area contributed by atoms with E-state index in [0.717, 1.165) is 25.1 Å². The van der Waals surface area contributed by atoms with Crippen LogP contribution in [0, 0.1) is 19.8 Å². The van der Waals surface area contributed by atoms with E-state index in [4.69, 9.17) is 18.0 Å². The van der Waals surface area contributed by atoms with Crippen LogP contribution in [0.25, 0.3) is 0 Å². The first-order chi connectivity index (χ1) is 9.47. The fraction of sp³-hybridized carbons (Fsp3) is 0.467. The van der Waals surface area contributed by atoms with Crippen LogP contribution in [0.4, 0.5) is 5.69 Å². The van der Waals surface area contributed by atoms with Crippen LogP contribution < -0.4 is 11.1 Å². The molecule has 0 bridgehead atoms. The van der Waals surface area contributed by atoms with Crippen LogP contribution in [0.1, 0.15) is 24.0 Å². The molecule has 1 aromatic carbocycles. The van der Waals surface area contributed by atoms with Gasteiger partial charge in [0.1, 0.15) is 0 Å². The second-order valence-electron chi connectivity index (χ2n) is 5.42. The number of hydrogen-bond acceptors (Lipinski definition) is 2. The summed E-state index contributed by atoms with van der Waals surface area (Å²) in [5.41, 5.74) is 8.86. The average Bonchev–Trinajstić information content (AvgIpc) is 2.43. The average molecular weight is 291 g/mol. The molecule has 1 saturated heterocycles. The van der Waals surface area contributed by atoms with Gasteiger partial charge in [-0.25, -0.2) is 0 Å². The van der Waals surface area contributed by atoms with Gasteiger partial charge in [0.05, 0.1) is 5.92 Å². The Labute approximate surface area is 125 Å². The molecule has 1 aliphatic heterocycles. The predicted molar refractivity (Wildman–Crippen MR) is 85.6 cm³/mol. The number of nitrogens with two attached hydrogens (primary N) is 1. The van der Waals surface area contributed by atoms with Gasteiger partial charge in [0, 0.05) is 18.8 Å². The quantitative estimate of drug-likeness (QED) is 0.820. The number of carbonyl (C=O) groups excluding carboxylic acids is 1. The molecule has 0 radical (unpaired) electrons. The topological polar surface area (TPSA) is 58.4 Å². The summed E-state index contributed by atoms with van der Waals surface area (Å²) in [4.78, 5) is 13.3. The van der Waals surface area contributed by atoms with Crippen LogP contribution in [-0.4, -0.2) is 29.0 Å². The number of aryl methyl sites for hydroxylation is 2. The molecule has 108 valence electrons. The van der Waals surface area contributed by atoms with Crippen molar-refractivity contribution in [3.8, 4) is 0 Å². The lowest BCUT2D eigenvalue weighted by Crippen LogP contribution is -2.45. The van der Waals surface area contributed by atoms with E-state index in [1.807, 2.05) is 11.0 Å². The smallest absolute Gasteiger partial charge is 0.222 e. The molecular weight excluding hydrogens is 270 g/mol. The second kappa shape index (κ2) is 6.22. The van der Waals surface area contributed by atoms with Crippen LogP contribution in [0.3, 0.4) is 0 Å². The lowest BCUT2D eigenvalue weighted by atomic mass is 9.98. The number of nitrogens with one attached hydrogen (secondary N) is 1. The molecule has 5 heteroatoms. The Kier molecular flexibility index (Phi) is 4.60. The Bertz CT molecular complexity index is 530. The summed E-state index contributed by atoms with van der Waals surface area (Å²) in [6.07, 6.45) is 1.81. The van der Waals surface area contributed by atoms with Crippen LogP contribution in [0.15, 0.2) is 18.2 Å². The molecule has 0 aromatic heterocycles. The molecule has 0 spiro atoms. The summed E-state index contributed by atoms with van der Waals surface area (Å²) < 4.78 is 0. The summed E-state index contributed by atoms with van der Waals surface area (Å²) in [6, 6.07) is 6.17. The molecule has 0 unspecified atom stereocenters. The molecule has 1 atom stereocenters. The van der Waals surface area contributed by atoms with Crippen molar-refractivity contribution in [1.82, 2.24) is 4.90 Å². The number of piperidine rings is 1. The van der Waals surface area contributed by atoms with Crippen molar-refractivity contribution in [3.05, 3.63) is 29.3 Å². The Morgan fingerprint density at radius 2 is 2.15 bits per heavy atom. The lowest BCUT2D eigenvalue weighted by Gasteiger charge is -2.33. The molecule has 3 N–H and O–H groups in total. The van der Waals surface area contributed by atoms with Gasteiger partial charge in [0.15, 0.2) is 5.11 Å². The van der Waals surface area contributed by atoms with Crippen molar-refractivity contribution in [2.75, 3.05) is 18.4 Å². The molecule has 1 amide bonds. The third-order valence-electron chi connectivity index (χ3n) is 3.87. The monoisotopic (exact) mass is 291 g/mol. The molecule has 1 fully saturated rings. The number of nitrogens with zero attached hydrogens (tertiary/aromatic N) is 1. The molecule has 0 aliphatic carbocycles. The first-order valence-corrected chi connectivity index (χ1v) is 7.30. The molecule has 2 rings (SSSR count). The van der Waals surface area contributed by atoms with E-state index < -0.39 is 0 Å². The van der Waals surface area contributed by atoms with Crippen molar-refractivity contribution in [2.45, 2.75) is 26.7 Å². The fourth-order valence-corrected chi connectivity index (χ4v) is 2.70. The number of rotatable bonds is 2. The van der Waals surface area contributed by atoms with Crippen LogP contribution in [0.5, 0.6) is 0 Å². The van der Waals surface area contributed by atoms with Crippen LogP contribution >= 0.6 is 12.2 Å². The Balaban J connectivity index is 2.00. The number of amides is 1. The first kappa shape index (κ1) is 14.8. The highest BCUT2D eigenvalue weighted by atomic mass is 32.1. The second-order valence-corrected chi connectivity index (χ2v) is 5.80. The normalized spacial score (nSPS) is 18.7. The molecule has 20 heavy (non-hydrogen) atoms. The van der Waals surface area contributed by atoms with E-state index in [9.17, 15) is 4.79 Å². The maximum atomic E-state index is 11.3. The third kappa shape index (κ3) is 3.48. The molecule has 0 saturated carbocycles. The Hall–Kier alpha value is -1.62. The van der Waals surface area contributed by atoms with Gasteiger partial charge in [-0.05, 0) is 62.2 Å². The first-order valence-electron chi connectivity index (χ1n) is 6.90. The van der Waals surface area contributed by atoms with Gasteiger partial charge in [0.2, 0.25) is 5.91 Å². The highest BCUT2D eigenvalue weighted by Gasteiger charge is 2.25. The predicted octanol–water partition coefficient (Wildman–Crippen LogP) is 2.20. The van der Waals surface area contributed by atoms with Crippen LogP contribution in [-0.2, 0) is 4.79 Å². The molecule has 1 heterocycles. The summed E-state index contributed by atoms with van der Waals surface area (Å²) in [7, 11) is 0. The van der Waals surface area contributed by atoms with E-state index in [1.54, 1.807) is 0 Å². The SMILES string of the molecule is Cc1ccc(NC(=S)N2CCC[C@H](C(N)=O)C2)cc1C. The maximum Gasteiger partial charge on any atom is 0.222 e. The lowest BCUT2D eigenvalue weighted by molar-refractivity contribution is -0.122. The minimum Gasteiger partial charge on any atom is -0.369 e. The third-order valence-corrected chi connectivity index (χ3v) is 4.23. The number of primary amides is 1. The summed E-state index contributed by atoms with van der Waals surface area (Å²) in [5, 5.41) is 3.91. The molecule has 1 aromatic rings. The Morgan fingerprint density at radius 1 is 1.40 bits per heavy atom. The van der Waals surface area contributed by atoms with Gasteiger partial charge < -0.3 is 16.0 Å². The largest absolute Gasteiger partial charge is 0.369 e. The fourth-order valence-electron chi connectivity index (χ4n) is 2.42. The van der Waals surface area contributed by atoms with E-state index in [-0.39, 0.29) is 11.8 Å². The maximum absolute atomic E-state index is 11.3. The highest BCUT2D eigenvalue weighted by molar-refractivity contribution is 7.80. The number of likely N-dealkylation sites (tertiary alicyclic amines) is 1. The zero-order valence-electron chi connectivity index (χ0n) is 12.0.